The fourth-order valence-electron chi connectivity index (χ4n) is 4.68. The molecule has 2 heteroatoms. The van der Waals surface area contributed by atoms with E-state index in [-0.39, 0.29) is 0 Å². The van der Waals surface area contributed by atoms with Crippen LogP contribution in [0.5, 0.6) is 0 Å². The van der Waals surface area contributed by atoms with E-state index in [0.29, 0.717) is 0 Å². The first-order valence-corrected chi connectivity index (χ1v) is 8.74. The molecule has 2 nitrogen and oxygen atoms in total. The van der Waals surface area contributed by atoms with E-state index in [4.69, 9.17) is 0 Å². The Bertz CT molecular complexity index is 277. The number of likely N-dealkylation sites (tertiary alicyclic amines) is 1. The number of nitrogens with zero attached hydrogens (tertiary/aromatic N) is 1. The molecule has 1 saturated heterocycles. The predicted octanol–water partition coefficient (Wildman–Crippen LogP) is 3.42. The number of hydrogen-bond acceptors (Lipinski definition) is 2. The molecular formula is C17H32N2. The zero-order chi connectivity index (χ0) is 13.1. The standard InChI is InChI=1S/C17H32N2/c1-15(14-19-11-5-6-12-19)13-18-16-7-10-17(16)8-3-2-4-9-17/h15-16,18H,2-14H2,1H3. The van der Waals surface area contributed by atoms with Gasteiger partial charge in [0.1, 0.15) is 0 Å². The van der Waals surface area contributed by atoms with Gasteiger partial charge in [0.15, 0.2) is 0 Å². The molecule has 3 aliphatic rings. The van der Waals surface area contributed by atoms with Gasteiger partial charge in [-0.2, -0.15) is 0 Å². The third-order valence-corrected chi connectivity index (χ3v) is 6.00. The molecule has 2 atom stereocenters. The van der Waals surface area contributed by atoms with Crippen LogP contribution in [0.25, 0.3) is 0 Å². The van der Waals surface area contributed by atoms with E-state index in [0.717, 1.165) is 17.4 Å². The van der Waals surface area contributed by atoms with E-state index in [1.165, 1.54) is 84.0 Å². The van der Waals surface area contributed by atoms with Crippen molar-refractivity contribution in [2.24, 2.45) is 11.3 Å². The first-order valence-electron chi connectivity index (χ1n) is 8.74. The smallest absolute Gasteiger partial charge is 0.0124 e. The van der Waals surface area contributed by atoms with Gasteiger partial charge in [-0.1, -0.05) is 26.2 Å². The van der Waals surface area contributed by atoms with Crippen LogP contribution < -0.4 is 5.32 Å². The summed E-state index contributed by atoms with van der Waals surface area (Å²) in [6.07, 6.45) is 13.3. The van der Waals surface area contributed by atoms with Crippen LogP contribution in [0.15, 0.2) is 0 Å². The lowest BCUT2D eigenvalue weighted by Gasteiger charge is -2.53. The Morgan fingerprint density at radius 2 is 1.79 bits per heavy atom. The van der Waals surface area contributed by atoms with Crippen molar-refractivity contribution in [1.29, 1.82) is 0 Å². The van der Waals surface area contributed by atoms with Crippen LogP contribution in [0.2, 0.25) is 0 Å². The lowest BCUT2D eigenvalue weighted by atomic mass is 9.57. The maximum Gasteiger partial charge on any atom is 0.0124 e. The second-order valence-electron chi connectivity index (χ2n) is 7.54. The molecule has 3 fully saturated rings. The van der Waals surface area contributed by atoms with Crippen molar-refractivity contribution in [1.82, 2.24) is 10.2 Å². The van der Waals surface area contributed by atoms with Crippen LogP contribution in [-0.4, -0.2) is 37.1 Å². The zero-order valence-electron chi connectivity index (χ0n) is 12.8. The van der Waals surface area contributed by atoms with E-state index in [9.17, 15) is 0 Å². The van der Waals surface area contributed by atoms with Crippen molar-refractivity contribution < 1.29 is 0 Å². The molecule has 2 aliphatic carbocycles. The molecule has 0 bridgehead atoms. The van der Waals surface area contributed by atoms with Crippen LogP contribution in [0.1, 0.15) is 64.7 Å². The summed E-state index contributed by atoms with van der Waals surface area (Å²) >= 11 is 0. The lowest BCUT2D eigenvalue weighted by Crippen LogP contribution is -2.55. The molecule has 2 unspecified atom stereocenters. The summed E-state index contributed by atoms with van der Waals surface area (Å²) in [7, 11) is 0. The van der Waals surface area contributed by atoms with Gasteiger partial charge in [0.25, 0.3) is 0 Å². The molecule has 110 valence electrons. The van der Waals surface area contributed by atoms with Gasteiger partial charge in [-0.15, -0.1) is 0 Å². The molecule has 2 saturated carbocycles. The number of nitrogens with one attached hydrogen (secondary N) is 1. The minimum absolute atomic E-state index is 0.728. The topological polar surface area (TPSA) is 15.3 Å². The monoisotopic (exact) mass is 264 g/mol. The van der Waals surface area contributed by atoms with Gasteiger partial charge in [-0.05, 0) is 69.5 Å². The Balaban J connectivity index is 1.39. The van der Waals surface area contributed by atoms with Crippen LogP contribution >= 0.6 is 0 Å². The molecule has 0 aromatic rings. The zero-order valence-corrected chi connectivity index (χ0v) is 12.8. The Kier molecular flexibility index (Phi) is 4.48. The number of hydrogen-bond donors (Lipinski definition) is 1. The van der Waals surface area contributed by atoms with Gasteiger partial charge in [0.05, 0.1) is 0 Å². The second kappa shape index (κ2) is 6.13. The minimum Gasteiger partial charge on any atom is -0.313 e. The molecular weight excluding hydrogens is 232 g/mol. The van der Waals surface area contributed by atoms with E-state index >= 15 is 0 Å². The van der Waals surface area contributed by atoms with Crippen LogP contribution in [0.3, 0.4) is 0 Å². The third kappa shape index (κ3) is 3.16. The number of rotatable bonds is 5. The van der Waals surface area contributed by atoms with Gasteiger partial charge in [0, 0.05) is 12.6 Å². The second-order valence-corrected chi connectivity index (χ2v) is 7.54. The Morgan fingerprint density at radius 3 is 2.42 bits per heavy atom. The fraction of sp³-hybridized carbons (Fsp3) is 1.00. The average molecular weight is 264 g/mol. The van der Waals surface area contributed by atoms with Crippen LogP contribution in [-0.2, 0) is 0 Å². The molecule has 1 heterocycles. The molecule has 3 rings (SSSR count). The molecule has 1 aliphatic heterocycles. The first-order chi connectivity index (χ1) is 9.28. The maximum atomic E-state index is 3.93. The van der Waals surface area contributed by atoms with Crippen molar-refractivity contribution in [3.63, 3.8) is 0 Å². The first kappa shape index (κ1) is 13.9. The fourth-order valence-corrected chi connectivity index (χ4v) is 4.68. The molecule has 1 spiro atoms. The van der Waals surface area contributed by atoms with E-state index in [1.54, 1.807) is 0 Å². The normalized spacial score (nSPS) is 32.4. The molecule has 19 heavy (non-hydrogen) atoms. The molecule has 0 radical (unpaired) electrons. The van der Waals surface area contributed by atoms with Gasteiger partial charge >= 0.3 is 0 Å². The highest BCUT2D eigenvalue weighted by Crippen LogP contribution is 2.51. The minimum atomic E-state index is 0.728. The lowest BCUT2D eigenvalue weighted by molar-refractivity contribution is 0.0207. The van der Waals surface area contributed by atoms with Crippen molar-refractivity contribution in [3.8, 4) is 0 Å². The summed E-state index contributed by atoms with van der Waals surface area (Å²) in [5.74, 6) is 0.819. The highest BCUT2D eigenvalue weighted by atomic mass is 15.1. The van der Waals surface area contributed by atoms with Crippen molar-refractivity contribution in [2.45, 2.75) is 70.8 Å². The van der Waals surface area contributed by atoms with Gasteiger partial charge < -0.3 is 10.2 Å². The Morgan fingerprint density at radius 1 is 1.05 bits per heavy atom. The van der Waals surface area contributed by atoms with E-state index < -0.39 is 0 Å². The average Bonchev–Trinajstić information content (AvgIpc) is 2.91. The Hall–Kier alpha value is -0.0800. The molecule has 0 aromatic heterocycles. The van der Waals surface area contributed by atoms with Gasteiger partial charge in [-0.25, -0.2) is 0 Å². The summed E-state index contributed by atoms with van der Waals surface area (Å²) in [4.78, 5) is 2.66. The van der Waals surface area contributed by atoms with Crippen molar-refractivity contribution in [3.05, 3.63) is 0 Å². The molecule has 0 amide bonds. The van der Waals surface area contributed by atoms with Crippen molar-refractivity contribution >= 4 is 0 Å². The summed E-state index contributed by atoms with van der Waals surface area (Å²) in [5.41, 5.74) is 0.728. The highest BCUT2D eigenvalue weighted by Gasteiger charge is 2.46. The van der Waals surface area contributed by atoms with Crippen molar-refractivity contribution in [2.75, 3.05) is 26.2 Å². The summed E-state index contributed by atoms with van der Waals surface area (Å²) in [6.45, 7) is 7.67. The van der Waals surface area contributed by atoms with E-state index in [1.807, 2.05) is 0 Å². The maximum absolute atomic E-state index is 3.93. The Labute approximate surface area is 119 Å². The SMILES string of the molecule is CC(CNC1CCC12CCCCC2)CN1CCCC1. The summed E-state index contributed by atoms with van der Waals surface area (Å²) in [5, 5.41) is 3.93. The van der Waals surface area contributed by atoms with Crippen LogP contribution in [0.4, 0.5) is 0 Å². The van der Waals surface area contributed by atoms with Gasteiger partial charge in [0.2, 0.25) is 0 Å². The highest BCUT2D eigenvalue weighted by molar-refractivity contribution is 5.01. The van der Waals surface area contributed by atoms with Gasteiger partial charge in [-0.3, -0.25) is 0 Å². The summed E-state index contributed by atoms with van der Waals surface area (Å²) < 4.78 is 0. The molecule has 0 aromatic carbocycles. The summed E-state index contributed by atoms with van der Waals surface area (Å²) in [6, 6.07) is 0.855. The van der Waals surface area contributed by atoms with E-state index in [2.05, 4.69) is 17.1 Å². The molecule has 1 N–H and O–H groups in total. The quantitative estimate of drug-likeness (QED) is 0.818. The predicted molar refractivity (Wildman–Crippen MR) is 81.4 cm³/mol. The third-order valence-electron chi connectivity index (χ3n) is 6.00. The largest absolute Gasteiger partial charge is 0.313 e. The van der Waals surface area contributed by atoms with Crippen LogP contribution in [0, 0.1) is 11.3 Å².